The number of guanidine groups is 1. The lowest BCUT2D eigenvalue weighted by Crippen LogP contribution is -2.45. The Morgan fingerprint density at radius 2 is 1.81 bits per heavy atom. The van der Waals surface area contributed by atoms with Crippen molar-refractivity contribution >= 4 is 5.96 Å². The van der Waals surface area contributed by atoms with Gasteiger partial charge < -0.3 is 15.1 Å². The molecule has 0 aliphatic heterocycles. The number of nitrogens with zero attached hydrogens (tertiary/aromatic N) is 3. The summed E-state index contributed by atoms with van der Waals surface area (Å²) in [4.78, 5) is 11.6. The summed E-state index contributed by atoms with van der Waals surface area (Å²) in [7, 11) is 0. The maximum absolute atomic E-state index is 5.58. The molecule has 0 atom stereocenters. The first-order valence-electron chi connectivity index (χ1n) is 9.79. The zero-order chi connectivity index (χ0) is 19.6. The van der Waals surface area contributed by atoms with E-state index in [0.29, 0.717) is 24.5 Å². The van der Waals surface area contributed by atoms with E-state index in [9.17, 15) is 0 Å². The average molecular weight is 372 g/mol. The first-order valence-corrected chi connectivity index (χ1v) is 9.79. The summed E-state index contributed by atoms with van der Waals surface area (Å²) in [5.74, 6) is 1.43. The van der Waals surface area contributed by atoms with Gasteiger partial charge in [0, 0.05) is 37.3 Å². The molecule has 1 aromatic carbocycles. The molecule has 1 aromatic heterocycles. The van der Waals surface area contributed by atoms with Crippen LogP contribution in [-0.4, -0.2) is 47.6 Å². The van der Waals surface area contributed by atoms with Crippen molar-refractivity contribution in [2.45, 2.75) is 53.2 Å². The van der Waals surface area contributed by atoms with Crippen LogP contribution in [0, 0.1) is 0 Å². The third-order valence-electron chi connectivity index (χ3n) is 4.30. The molecule has 2 N–H and O–H groups in total. The van der Waals surface area contributed by atoms with Crippen LogP contribution in [0.3, 0.4) is 0 Å². The van der Waals surface area contributed by atoms with E-state index in [-0.39, 0.29) is 0 Å². The van der Waals surface area contributed by atoms with Crippen molar-refractivity contribution in [1.29, 1.82) is 0 Å². The highest BCUT2D eigenvalue weighted by atomic mass is 16.3. The molecule has 0 aliphatic rings. The van der Waals surface area contributed by atoms with Gasteiger partial charge in [-0.3, -0.25) is 4.90 Å². The van der Waals surface area contributed by atoms with E-state index in [2.05, 4.69) is 60.1 Å². The van der Waals surface area contributed by atoms with Crippen LogP contribution in [0.25, 0.3) is 11.5 Å². The van der Waals surface area contributed by atoms with Crippen LogP contribution in [0.1, 0.15) is 40.3 Å². The number of nitrogens with one attached hydrogen (secondary N) is 2. The number of hydrogen-bond acceptors (Lipinski definition) is 4. The summed E-state index contributed by atoms with van der Waals surface area (Å²) in [6, 6.07) is 10.9. The molecule has 0 bridgehead atoms. The Hall–Kier alpha value is -2.34. The molecule has 0 fully saturated rings. The van der Waals surface area contributed by atoms with Gasteiger partial charge in [-0.2, -0.15) is 0 Å². The zero-order valence-corrected chi connectivity index (χ0v) is 17.2. The number of oxazole rings is 1. The summed E-state index contributed by atoms with van der Waals surface area (Å²) in [5, 5.41) is 6.69. The molecule has 0 saturated heterocycles. The second-order valence-corrected chi connectivity index (χ2v) is 7.06. The van der Waals surface area contributed by atoms with E-state index in [1.165, 1.54) is 0 Å². The molecule has 0 spiro atoms. The average Bonchev–Trinajstić information content (AvgIpc) is 3.12. The Kier molecular flexibility index (Phi) is 8.33. The lowest BCUT2D eigenvalue weighted by Gasteiger charge is -2.30. The van der Waals surface area contributed by atoms with Gasteiger partial charge in [0.2, 0.25) is 5.89 Å². The summed E-state index contributed by atoms with van der Waals surface area (Å²) in [6.45, 7) is 14.1. The molecule has 6 heteroatoms. The van der Waals surface area contributed by atoms with Gasteiger partial charge in [0.05, 0.1) is 6.54 Å². The molecule has 0 aliphatic carbocycles. The fraction of sp³-hybridized carbons (Fsp3) is 0.524. The lowest BCUT2D eigenvalue weighted by atomic mass is 10.2. The van der Waals surface area contributed by atoms with Gasteiger partial charge in [-0.05, 0) is 46.8 Å². The fourth-order valence-electron chi connectivity index (χ4n) is 3.01. The Bertz CT molecular complexity index is 686. The van der Waals surface area contributed by atoms with Crippen LogP contribution in [0.4, 0.5) is 0 Å². The maximum Gasteiger partial charge on any atom is 0.226 e. The largest absolute Gasteiger partial charge is 0.444 e. The Labute approximate surface area is 163 Å². The molecule has 0 amide bonds. The van der Waals surface area contributed by atoms with Crippen molar-refractivity contribution in [3.63, 3.8) is 0 Å². The molecule has 148 valence electrons. The third-order valence-corrected chi connectivity index (χ3v) is 4.30. The van der Waals surface area contributed by atoms with Crippen LogP contribution < -0.4 is 10.6 Å². The molecule has 0 saturated carbocycles. The number of rotatable bonds is 9. The van der Waals surface area contributed by atoms with Crippen molar-refractivity contribution in [2.75, 3.05) is 19.6 Å². The summed E-state index contributed by atoms with van der Waals surface area (Å²) in [6.07, 6.45) is 1.68. The van der Waals surface area contributed by atoms with Gasteiger partial charge in [-0.15, -0.1) is 0 Å². The summed E-state index contributed by atoms with van der Waals surface area (Å²) >= 11 is 0. The van der Waals surface area contributed by atoms with Gasteiger partial charge in [0.25, 0.3) is 0 Å². The number of aliphatic imine (C=N–C) groups is 1. The van der Waals surface area contributed by atoms with Crippen molar-refractivity contribution < 1.29 is 4.42 Å². The van der Waals surface area contributed by atoms with Crippen LogP contribution in [0.15, 0.2) is 46.0 Å². The highest BCUT2D eigenvalue weighted by Gasteiger charge is 2.12. The second kappa shape index (κ2) is 10.7. The minimum Gasteiger partial charge on any atom is -0.444 e. The Morgan fingerprint density at radius 3 is 2.44 bits per heavy atom. The second-order valence-electron chi connectivity index (χ2n) is 7.06. The van der Waals surface area contributed by atoms with E-state index < -0.39 is 0 Å². The van der Waals surface area contributed by atoms with Crippen LogP contribution in [0.5, 0.6) is 0 Å². The van der Waals surface area contributed by atoms with Gasteiger partial charge in [0.15, 0.2) is 5.96 Å². The Balaban J connectivity index is 1.92. The molecular weight excluding hydrogens is 338 g/mol. The molecule has 2 aromatic rings. The lowest BCUT2D eigenvalue weighted by molar-refractivity contribution is 0.178. The molecule has 6 nitrogen and oxygen atoms in total. The van der Waals surface area contributed by atoms with Crippen molar-refractivity contribution in [3.8, 4) is 11.5 Å². The predicted molar refractivity (Wildman–Crippen MR) is 112 cm³/mol. The van der Waals surface area contributed by atoms with Crippen LogP contribution in [-0.2, 0) is 6.54 Å². The monoisotopic (exact) mass is 371 g/mol. The van der Waals surface area contributed by atoms with E-state index in [0.717, 1.165) is 36.9 Å². The molecule has 2 rings (SSSR count). The topological polar surface area (TPSA) is 65.7 Å². The standard InChI is InChI=1S/C21H33N5O/c1-6-22-21(23-12-13-26(16(2)3)17(4)5)24-14-19-15-27-20(25-19)18-10-8-7-9-11-18/h7-11,15-17H,6,12-14H2,1-5H3,(H2,22,23,24). The zero-order valence-electron chi connectivity index (χ0n) is 17.2. The summed E-state index contributed by atoms with van der Waals surface area (Å²) in [5.41, 5.74) is 1.79. The maximum atomic E-state index is 5.58. The molecule has 1 heterocycles. The van der Waals surface area contributed by atoms with E-state index in [1.54, 1.807) is 6.26 Å². The van der Waals surface area contributed by atoms with Crippen molar-refractivity contribution in [2.24, 2.45) is 4.99 Å². The smallest absolute Gasteiger partial charge is 0.226 e. The van der Waals surface area contributed by atoms with Gasteiger partial charge in [0.1, 0.15) is 12.0 Å². The first-order chi connectivity index (χ1) is 13.0. The highest BCUT2D eigenvalue weighted by Crippen LogP contribution is 2.18. The van der Waals surface area contributed by atoms with Gasteiger partial charge >= 0.3 is 0 Å². The minimum atomic E-state index is 0.476. The first kappa shape index (κ1) is 21.0. The molecule has 27 heavy (non-hydrogen) atoms. The third kappa shape index (κ3) is 6.71. The SMILES string of the molecule is CCNC(=NCc1coc(-c2ccccc2)n1)NCCN(C(C)C)C(C)C. The Morgan fingerprint density at radius 1 is 1.11 bits per heavy atom. The van der Waals surface area contributed by atoms with Gasteiger partial charge in [-0.1, -0.05) is 18.2 Å². The normalized spacial score (nSPS) is 12.2. The van der Waals surface area contributed by atoms with E-state index in [4.69, 9.17) is 4.42 Å². The van der Waals surface area contributed by atoms with Crippen molar-refractivity contribution in [1.82, 2.24) is 20.5 Å². The van der Waals surface area contributed by atoms with Gasteiger partial charge in [-0.25, -0.2) is 9.98 Å². The highest BCUT2D eigenvalue weighted by molar-refractivity contribution is 5.79. The number of benzene rings is 1. The van der Waals surface area contributed by atoms with E-state index in [1.807, 2.05) is 30.3 Å². The van der Waals surface area contributed by atoms with Crippen molar-refractivity contribution in [3.05, 3.63) is 42.3 Å². The minimum absolute atomic E-state index is 0.476. The summed E-state index contributed by atoms with van der Waals surface area (Å²) < 4.78 is 5.58. The van der Waals surface area contributed by atoms with Crippen LogP contribution in [0.2, 0.25) is 0 Å². The molecule has 0 unspecified atom stereocenters. The fourth-order valence-corrected chi connectivity index (χ4v) is 3.01. The molecular formula is C21H33N5O. The quantitative estimate of drug-likeness (QED) is 0.522. The molecule has 0 radical (unpaired) electrons. The number of hydrogen-bond donors (Lipinski definition) is 2. The number of aromatic nitrogens is 1. The van der Waals surface area contributed by atoms with Crippen LogP contribution >= 0.6 is 0 Å². The van der Waals surface area contributed by atoms with E-state index >= 15 is 0 Å². The predicted octanol–water partition coefficient (Wildman–Crippen LogP) is 3.52.